The first-order valence-electron chi connectivity index (χ1n) is 10.9. The lowest BCUT2D eigenvalue weighted by atomic mass is 10.1. The van der Waals surface area contributed by atoms with Gasteiger partial charge >= 0.3 is 0 Å². The van der Waals surface area contributed by atoms with Crippen molar-refractivity contribution in [2.75, 3.05) is 0 Å². The van der Waals surface area contributed by atoms with Crippen LogP contribution in [0.4, 0.5) is 0 Å². The molecule has 5 nitrogen and oxygen atoms in total. The number of nitrogens with zero attached hydrogens (tertiary/aromatic N) is 5. The third kappa shape index (κ3) is 3.40. The first-order valence-corrected chi connectivity index (χ1v) is 10.9. The van der Waals surface area contributed by atoms with Crippen LogP contribution in [0.3, 0.4) is 0 Å². The van der Waals surface area contributed by atoms with E-state index in [-0.39, 0.29) is 0 Å². The van der Waals surface area contributed by atoms with Crippen molar-refractivity contribution < 1.29 is 0 Å². The van der Waals surface area contributed by atoms with E-state index in [4.69, 9.17) is 0 Å². The summed E-state index contributed by atoms with van der Waals surface area (Å²) < 4.78 is 0. The number of fused-ring (bicyclic) bond motifs is 1. The molecule has 4 heterocycles. The van der Waals surface area contributed by atoms with E-state index in [0.717, 1.165) is 64.7 Å². The highest BCUT2D eigenvalue weighted by Gasteiger charge is 2.11. The molecule has 0 fully saturated rings. The molecule has 6 rings (SSSR count). The second-order valence-corrected chi connectivity index (χ2v) is 8.12. The van der Waals surface area contributed by atoms with Gasteiger partial charge in [-0.15, -0.1) is 10.2 Å². The van der Waals surface area contributed by atoms with E-state index in [1.54, 1.807) is 18.6 Å². The maximum absolute atomic E-state index is 4.66. The molecular weight excluding hydrogens is 418 g/mol. The van der Waals surface area contributed by atoms with E-state index >= 15 is 0 Å². The van der Waals surface area contributed by atoms with Crippen LogP contribution in [0.15, 0.2) is 79.3 Å². The van der Waals surface area contributed by atoms with Crippen LogP contribution >= 0.6 is 0 Å². The second-order valence-electron chi connectivity index (χ2n) is 8.12. The molecule has 5 heteroatoms. The van der Waals surface area contributed by atoms with Crippen LogP contribution in [0.5, 0.6) is 0 Å². The van der Waals surface area contributed by atoms with Gasteiger partial charge in [-0.2, -0.15) is 0 Å². The summed E-state index contributed by atoms with van der Waals surface area (Å²) in [4.78, 5) is 13.6. The van der Waals surface area contributed by atoms with Crippen LogP contribution in [-0.2, 0) is 0 Å². The van der Waals surface area contributed by atoms with E-state index in [0.29, 0.717) is 0 Å². The molecule has 34 heavy (non-hydrogen) atoms. The van der Waals surface area contributed by atoms with Crippen LogP contribution in [-0.4, -0.2) is 25.1 Å². The first kappa shape index (κ1) is 19.9. The molecule has 0 bridgehead atoms. The average Bonchev–Trinajstić information content (AvgIpc) is 3.33. The summed E-state index contributed by atoms with van der Waals surface area (Å²) >= 11 is 0. The Kier molecular flexibility index (Phi) is 4.66. The van der Waals surface area contributed by atoms with E-state index in [1.807, 2.05) is 66.7 Å². The lowest BCUT2D eigenvalue weighted by Crippen LogP contribution is -2.10. The number of hydrogen-bond donors (Lipinski definition) is 0. The minimum atomic E-state index is 0.731. The molecule has 4 aliphatic heterocycles. The van der Waals surface area contributed by atoms with Crippen molar-refractivity contribution in [3.05, 3.63) is 133 Å². The Bertz CT molecular complexity index is 2020. The Labute approximate surface area is 194 Å². The minimum absolute atomic E-state index is 0.731. The molecule has 0 N–H and O–H groups in total. The van der Waals surface area contributed by atoms with Crippen molar-refractivity contribution >= 4 is 25.3 Å². The van der Waals surface area contributed by atoms with Crippen LogP contribution in [0.25, 0.3) is 36.6 Å². The van der Waals surface area contributed by atoms with Crippen LogP contribution in [0.2, 0.25) is 0 Å². The Morgan fingerprint density at radius 3 is 1.88 bits per heavy atom. The zero-order valence-electron chi connectivity index (χ0n) is 18.3. The summed E-state index contributed by atoms with van der Waals surface area (Å²) in [5.41, 5.74) is 3.25. The zero-order valence-corrected chi connectivity index (χ0v) is 18.3. The summed E-state index contributed by atoms with van der Waals surface area (Å²) in [6, 6.07) is 20.0. The van der Waals surface area contributed by atoms with Gasteiger partial charge in [0.1, 0.15) is 5.69 Å². The number of aromatic nitrogens is 5. The summed E-state index contributed by atoms with van der Waals surface area (Å²) in [5.74, 6) is 0. The molecule has 160 valence electrons. The standard InChI is InChI=1S/C29H19N5/c1-18-15-31-24-9-5-3-7-20(28(18)24)13-22-11-12-23-26(33-34-27(23)17-30-22)14-21-8-4-6-10-25-29(21)19(2)16-32-25/h3-17H,1-2H2/b20-13+,21-14+. The molecular formula is C29H19N5. The van der Waals surface area contributed by atoms with Crippen molar-refractivity contribution in [3.8, 4) is 11.3 Å². The fourth-order valence-electron chi connectivity index (χ4n) is 4.28. The highest BCUT2D eigenvalue weighted by molar-refractivity contribution is 5.71. The molecule has 2 aliphatic carbocycles. The Morgan fingerprint density at radius 2 is 1.21 bits per heavy atom. The molecule has 6 aliphatic rings. The molecule has 0 aromatic carbocycles. The van der Waals surface area contributed by atoms with E-state index in [2.05, 4.69) is 44.4 Å². The SMILES string of the molecule is C=c1cnc2cccc/c(=C\c3ccc4c(/C=c5\ccccc6ncc(=C)c5=6)nnc-4cn3)c1=2. The largest absolute Gasteiger partial charge is 0.256 e. The van der Waals surface area contributed by atoms with Gasteiger partial charge in [-0.05, 0) is 57.3 Å². The van der Waals surface area contributed by atoms with Crippen LogP contribution < -0.4 is 20.9 Å². The average molecular weight is 438 g/mol. The van der Waals surface area contributed by atoms with E-state index in [1.165, 1.54) is 0 Å². The summed E-state index contributed by atoms with van der Waals surface area (Å²) in [7, 11) is 0. The zero-order chi connectivity index (χ0) is 23.1. The smallest absolute Gasteiger partial charge is 0.113 e. The third-order valence-corrected chi connectivity index (χ3v) is 5.90. The number of hydrogen-bond acceptors (Lipinski definition) is 5. The van der Waals surface area contributed by atoms with Crippen molar-refractivity contribution in [2.24, 2.45) is 0 Å². The van der Waals surface area contributed by atoms with Gasteiger partial charge in [-0.25, -0.2) is 0 Å². The van der Waals surface area contributed by atoms with Gasteiger partial charge in [0.05, 0.1) is 28.3 Å². The Morgan fingerprint density at radius 1 is 0.588 bits per heavy atom. The fraction of sp³-hybridized carbons (Fsp3) is 0. The predicted molar refractivity (Wildman–Crippen MR) is 132 cm³/mol. The highest BCUT2D eigenvalue weighted by Crippen LogP contribution is 2.21. The third-order valence-electron chi connectivity index (χ3n) is 5.90. The maximum Gasteiger partial charge on any atom is 0.113 e. The van der Waals surface area contributed by atoms with Crippen LogP contribution in [0, 0.1) is 21.1 Å². The minimum Gasteiger partial charge on any atom is -0.256 e. The molecule has 0 aromatic rings. The number of rotatable bonds is 2. The topological polar surface area (TPSA) is 64.5 Å². The van der Waals surface area contributed by atoms with Crippen molar-refractivity contribution in [2.45, 2.75) is 0 Å². The Balaban J connectivity index is 1.55. The van der Waals surface area contributed by atoms with Crippen LogP contribution in [0.1, 0.15) is 11.4 Å². The quantitative estimate of drug-likeness (QED) is 0.413. The predicted octanol–water partition coefficient (Wildman–Crippen LogP) is 1.69. The lowest BCUT2D eigenvalue weighted by molar-refractivity contribution is 1.08. The van der Waals surface area contributed by atoms with E-state index < -0.39 is 0 Å². The molecule has 0 amide bonds. The van der Waals surface area contributed by atoms with Gasteiger partial charge < -0.3 is 0 Å². The summed E-state index contributed by atoms with van der Waals surface area (Å²) in [6.45, 7) is 8.27. The van der Waals surface area contributed by atoms with Gasteiger partial charge in [0, 0.05) is 28.4 Å². The summed E-state index contributed by atoms with van der Waals surface area (Å²) in [5, 5.41) is 16.4. The molecule has 0 unspecified atom stereocenters. The normalized spacial score (nSPS) is 12.7. The van der Waals surface area contributed by atoms with E-state index in [9.17, 15) is 0 Å². The molecule has 0 saturated carbocycles. The second kappa shape index (κ2) is 7.98. The highest BCUT2D eigenvalue weighted by atomic mass is 15.1. The molecule has 0 spiro atoms. The fourth-order valence-corrected chi connectivity index (χ4v) is 4.28. The summed E-state index contributed by atoms with van der Waals surface area (Å²) in [6.07, 6.45) is 9.43. The van der Waals surface area contributed by atoms with Gasteiger partial charge in [-0.1, -0.05) is 49.6 Å². The first-order chi connectivity index (χ1) is 16.7. The van der Waals surface area contributed by atoms with Gasteiger partial charge in [0.15, 0.2) is 0 Å². The van der Waals surface area contributed by atoms with Crippen molar-refractivity contribution in [3.63, 3.8) is 0 Å². The molecule has 0 atom stereocenters. The monoisotopic (exact) mass is 437 g/mol. The molecule has 0 aromatic heterocycles. The van der Waals surface area contributed by atoms with Crippen molar-refractivity contribution in [1.82, 2.24) is 25.1 Å². The lowest BCUT2D eigenvalue weighted by Gasteiger charge is -1.90. The van der Waals surface area contributed by atoms with Gasteiger partial charge in [-0.3, -0.25) is 15.0 Å². The molecule has 0 radical (unpaired) electrons. The van der Waals surface area contributed by atoms with Gasteiger partial charge in [0.2, 0.25) is 0 Å². The van der Waals surface area contributed by atoms with Crippen molar-refractivity contribution in [1.29, 1.82) is 0 Å². The Hall–Kier alpha value is -4.77. The van der Waals surface area contributed by atoms with Gasteiger partial charge in [0.25, 0.3) is 0 Å². The maximum atomic E-state index is 4.66. The molecule has 0 saturated heterocycles.